The Labute approximate surface area is 269 Å². The van der Waals surface area contributed by atoms with Crippen LogP contribution in [-0.4, -0.2) is 61.0 Å². The summed E-state index contributed by atoms with van der Waals surface area (Å²) in [6, 6.07) is 23.9. The maximum Gasteiger partial charge on any atom is 0.189 e. The molecule has 0 aliphatic rings. The van der Waals surface area contributed by atoms with Crippen molar-refractivity contribution in [2.24, 2.45) is 15.2 Å². The summed E-state index contributed by atoms with van der Waals surface area (Å²) in [5, 5.41) is 12.7. The first-order chi connectivity index (χ1) is 21.4. The van der Waals surface area contributed by atoms with Crippen molar-refractivity contribution in [3.8, 4) is 0 Å². The molecule has 0 unspecified atom stereocenters. The lowest BCUT2D eigenvalue weighted by atomic mass is 10.2. The zero-order valence-electron chi connectivity index (χ0n) is 25.7. The Morgan fingerprint density at radius 3 is 1.95 bits per heavy atom. The van der Waals surface area contributed by atoms with Crippen molar-refractivity contribution in [3.63, 3.8) is 0 Å². The average molecular weight is 630 g/mol. The molecule has 0 N–H and O–H groups in total. The fraction of sp³-hybridized carbons (Fsp3) is 0.294. The second-order valence-electron chi connectivity index (χ2n) is 9.67. The first-order valence-corrected chi connectivity index (χ1v) is 16.6. The first-order valence-electron chi connectivity index (χ1n) is 14.6. The Morgan fingerprint density at radius 2 is 1.36 bits per heavy atom. The fourth-order valence-corrected chi connectivity index (χ4v) is 5.19. The van der Waals surface area contributed by atoms with Crippen LogP contribution in [0.2, 0.25) is 0 Å². The molecule has 0 saturated carbocycles. The number of allylic oxidation sites excluding steroid dienone is 2. The van der Waals surface area contributed by atoms with Crippen LogP contribution in [0.3, 0.4) is 0 Å². The summed E-state index contributed by atoms with van der Waals surface area (Å²) in [6.07, 6.45) is 12.7. The van der Waals surface area contributed by atoms with Crippen LogP contribution in [0.5, 0.6) is 0 Å². The number of anilines is 2. The van der Waals surface area contributed by atoms with Crippen LogP contribution in [0, 0.1) is 0 Å². The molecular weight excluding hydrogens is 589 g/mol. The molecule has 0 amide bonds. The van der Waals surface area contributed by atoms with Crippen molar-refractivity contribution in [1.82, 2.24) is 0 Å². The van der Waals surface area contributed by atoms with Crippen molar-refractivity contribution in [2.75, 3.05) is 42.2 Å². The van der Waals surface area contributed by atoms with Gasteiger partial charge in [0.25, 0.3) is 0 Å². The van der Waals surface area contributed by atoms with Gasteiger partial charge >= 0.3 is 0 Å². The highest BCUT2D eigenvalue weighted by Crippen LogP contribution is 2.14. The van der Waals surface area contributed by atoms with E-state index in [1.165, 1.54) is 23.5 Å². The summed E-state index contributed by atoms with van der Waals surface area (Å²) in [5.74, 6) is 1.25. The number of carbonyl (C=O) groups is 2. The van der Waals surface area contributed by atoms with Crippen LogP contribution >= 0.6 is 23.5 Å². The Balaban J connectivity index is 1.26. The zero-order valence-corrected chi connectivity index (χ0v) is 27.3. The van der Waals surface area contributed by atoms with E-state index in [2.05, 4.69) is 22.1 Å². The van der Waals surface area contributed by atoms with E-state index in [9.17, 15) is 9.59 Å². The average Bonchev–Trinajstić information content (AvgIpc) is 3.06. The Morgan fingerprint density at radius 1 is 0.795 bits per heavy atom. The third kappa shape index (κ3) is 13.5. The van der Waals surface area contributed by atoms with E-state index >= 15 is 0 Å². The number of para-hydroxylation sites is 2. The number of pyridine rings is 1. The number of rotatable bonds is 17. The molecule has 0 atom stereocenters. The molecule has 3 aromatic rings. The zero-order chi connectivity index (χ0) is 31.4. The van der Waals surface area contributed by atoms with Crippen molar-refractivity contribution < 1.29 is 14.2 Å². The van der Waals surface area contributed by atoms with E-state index in [0.717, 1.165) is 28.9 Å². The quantitative estimate of drug-likeness (QED) is 0.0758. The van der Waals surface area contributed by atoms with Gasteiger partial charge in [-0.15, -0.1) is 0 Å². The normalized spacial score (nSPS) is 11.9. The number of carbonyl (C=O) groups excluding carboxylic acids is 2. The van der Waals surface area contributed by atoms with Gasteiger partial charge in [-0.1, -0.05) is 66.8 Å². The molecular formula is C34H41N6O2S2+. The molecule has 2 aromatic carbocycles. The number of aryl methyl sites for hydroxylation is 1. The molecule has 0 aliphatic carbocycles. The Hall–Kier alpha value is -4.02. The smallest absolute Gasteiger partial charge is 0.189 e. The molecule has 0 radical (unpaired) electrons. The monoisotopic (exact) mass is 629 g/mol. The van der Waals surface area contributed by atoms with E-state index in [4.69, 9.17) is 0 Å². The van der Waals surface area contributed by atoms with Gasteiger partial charge in [0.15, 0.2) is 29.2 Å². The lowest BCUT2D eigenvalue weighted by molar-refractivity contribution is -0.692. The van der Waals surface area contributed by atoms with Crippen molar-refractivity contribution in [3.05, 3.63) is 102 Å². The lowest BCUT2D eigenvalue weighted by Crippen LogP contribution is -2.34. The van der Waals surface area contributed by atoms with Crippen LogP contribution in [0.15, 0.2) is 112 Å². The van der Waals surface area contributed by atoms with Crippen molar-refractivity contribution in [1.29, 1.82) is 0 Å². The van der Waals surface area contributed by atoms with Gasteiger partial charge in [-0.2, -0.15) is 10.2 Å². The van der Waals surface area contributed by atoms with Gasteiger partial charge in [0.1, 0.15) is 0 Å². The van der Waals surface area contributed by atoms with Gasteiger partial charge in [-0.25, -0.2) is 4.57 Å². The van der Waals surface area contributed by atoms with Gasteiger partial charge in [-0.05, 0) is 42.3 Å². The summed E-state index contributed by atoms with van der Waals surface area (Å²) in [4.78, 5) is 28.9. The Kier molecular flexibility index (Phi) is 15.7. The standard InChI is InChI=1S/C34H41N6O2S2/c1-4-29(27-36-38(2)31-11-7-5-8-12-31)17-20-35-21-25-43-33(41)15-16-34(42)44-26-24-40-22-18-30(19-23-40)28-37-39(3)32-13-9-6-10-14-32/h5-14,17-20,22-23,27-28H,4,15-16,21,24-26H2,1-3H3/q+1/b29-17+,35-20?,36-27+. The SMILES string of the molecule is CCC(/C=N/N(C)c1ccccc1)=C\C=NCCSC(=O)CCC(=O)SCC[n+]1ccc(/C=N/N(C)c2ccccc2)cc1. The van der Waals surface area contributed by atoms with Crippen molar-refractivity contribution >= 4 is 63.8 Å². The van der Waals surface area contributed by atoms with E-state index in [-0.39, 0.29) is 23.1 Å². The third-order valence-electron chi connectivity index (χ3n) is 6.38. The summed E-state index contributed by atoms with van der Waals surface area (Å²) in [7, 11) is 3.83. The van der Waals surface area contributed by atoms with Crippen LogP contribution in [-0.2, 0) is 16.1 Å². The van der Waals surface area contributed by atoms with Crippen molar-refractivity contribution in [2.45, 2.75) is 32.7 Å². The lowest BCUT2D eigenvalue weighted by Gasteiger charge is -2.12. The highest BCUT2D eigenvalue weighted by atomic mass is 32.2. The van der Waals surface area contributed by atoms with Crippen LogP contribution in [0.25, 0.3) is 0 Å². The van der Waals surface area contributed by atoms with E-state index in [1.54, 1.807) is 6.21 Å². The second-order valence-corrected chi connectivity index (χ2v) is 12.0. The second kappa shape index (κ2) is 20.0. The fourth-order valence-electron chi connectivity index (χ4n) is 3.74. The van der Waals surface area contributed by atoms with Gasteiger partial charge in [-0.3, -0.25) is 24.6 Å². The number of nitrogens with zero attached hydrogens (tertiary/aromatic N) is 6. The summed E-state index contributed by atoms with van der Waals surface area (Å²) >= 11 is 2.51. The molecule has 8 nitrogen and oxygen atoms in total. The molecule has 230 valence electrons. The molecule has 0 bridgehead atoms. The first kappa shape index (κ1) is 34.5. The number of aliphatic imine (C=N–C) groups is 1. The maximum absolute atomic E-state index is 12.3. The van der Waals surface area contributed by atoms with Gasteiger partial charge < -0.3 is 0 Å². The van der Waals surface area contributed by atoms with Crippen LogP contribution in [0.1, 0.15) is 31.7 Å². The number of hydrogen-bond donors (Lipinski definition) is 0. The minimum absolute atomic E-state index is 0.0274. The number of aromatic nitrogens is 1. The number of hydrogen-bond acceptors (Lipinski definition) is 9. The van der Waals surface area contributed by atoms with E-state index < -0.39 is 0 Å². The Bertz CT molecular complexity index is 1410. The summed E-state index contributed by atoms with van der Waals surface area (Å²) in [6.45, 7) is 3.32. The minimum Gasteiger partial charge on any atom is -0.292 e. The molecule has 44 heavy (non-hydrogen) atoms. The molecule has 1 heterocycles. The highest BCUT2D eigenvalue weighted by Gasteiger charge is 2.10. The molecule has 0 saturated heterocycles. The largest absolute Gasteiger partial charge is 0.292 e. The topological polar surface area (TPSA) is 81.6 Å². The van der Waals surface area contributed by atoms with Crippen LogP contribution < -0.4 is 14.6 Å². The minimum atomic E-state index is 0.0274. The predicted octanol–water partition coefficient (Wildman–Crippen LogP) is 6.27. The maximum atomic E-state index is 12.3. The number of thioether (sulfide) groups is 2. The van der Waals surface area contributed by atoms with Gasteiger partial charge in [0.05, 0.1) is 29.6 Å². The molecule has 3 rings (SSSR count). The van der Waals surface area contributed by atoms with E-state index in [1.807, 2.05) is 132 Å². The predicted molar refractivity (Wildman–Crippen MR) is 188 cm³/mol. The number of hydrazone groups is 2. The molecule has 1 aromatic heterocycles. The van der Waals surface area contributed by atoms with Gasteiger partial charge in [0, 0.05) is 63.1 Å². The van der Waals surface area contributed by atoms with Crippen LogP contribution in [0.4, 0.5) is 11.4 Å². The molecule has 0 fully saturated rings. The summed E-state index contributed by atoms with van der Waals surface area (Å²) in [5.41, 5.74) is 4.09. The molecule has 0 spiro atoms. The van der Waals surface area contributed by atoms with E-state index in [0.29, 0.717) is 24.6 Å². The third-order valence-corrected chi connectivity index (χ3v) is 8.21. The molecule has 10 heteroatoms. The molecule has 0 aliphatic heterocycles. The highest BCUT2D eigenvalue weighted by molar-refractivity contribution is 8.14. The number of benzene rings is 2. The van der Waals surface area contributed by atoms with Gasteiger partial charge in [0.2, 0.25) is 0 Å². The summed E-state index contributed by atoms with van der Waals surface area (Å²) < 4.78 is 2.04.